The van der Waals surface area contributed by atoms with E-state index in [0.717, 1.165) is 36.8 Å². The Morgan fingerprint density at radius 2 is 1.83 bits per heavy atom. The number of carbonyl (C=O) groups excluding carboxylic acids is 1. The molecule has 24 heavy (non-hydrogen) atoms. The third-order valence-electron chi connectivity index (χ3n) is 5.39. The molecule has 2 aromatic rings. The number of hydrogen-bond acceptors (Lipinski definition) is 3. The van der Waals surface area contributed by atoms with Gasteiger partial charge in [-0.05, 0) is 54.8 Å². The minimum absolute atomic E-state index is 0.148. The van der Waals surface area contributed by atoms with Gasteiger partial charge in [-0.3, -0.25) is 4.79 Å². The summed E-state index contributed by atoms with van der Waals surface area (Å²) >= 11 is 1.95. The van der Waals surface area contributed by atoms with E-state index >= 15 is 0 Å². The van der Waals surface area contributed by atoms with Crippen molar-refractivity contribution < 1.29 is 9.53 Å². The van der Waals surface area contributed by atoms with Crippen molar-refractivity contribution in [2.24, 2.45) is 0 Å². The zero-order chi connectivity index (χ0) is 16.5. The summed E-state index contributed by atoms with van der Waals surface area (Å²) in [6.45, 7) is 0.148. The van der Waals surface area contributed by atoms with Crippen LogP contribution in [0.15, 0.2) is 42.5 Å². The Kier molecular flexibility index (Phi) is 4.40. The smallest absolute Gasteiger partial charge is 0.261 e. The van der Waals surface area contributed by atoms with Crippen LogP contribution in [-0.4, -0.2) is 41.0 Å². The second kappa shape index (κ2) is 6.67. The molecule has 0 radical (unpaired) electrons. The maximum atomic E-state index is 12.7. The number of rotatable bonds is 4. The van der Waals surface area contributed by atoms with Crippen LogP contribution in [0.2, 0.25) is 0 Å². The molecule has 2 aromatic carbocycles. The molecule has 0 aliphatic carbocycles. The van der Waals surface area contributed by atoms with Crippen molar-refractivity contribution in [3.63, 3.8) is 0 Å². The van der Waals surface area contributed by atoms with Gasteiger partial charge < -0.3 is 9.64 Å². The summed E-state index contributed by atoms with van der Waals surface area (Å²) in [4.78, 5) is 14.8. The van der Waals surface area contributed by atoms with Crippen LogP contribution in [0.25, 0.3) is 10.8 Å². The van der Waals surface area contributed by atoms with E-state index in [1.807, 2.05) is 42.1 Å². The Balaban J connectivity index is 1.41. The Bertz CT molecular complexity index is 733. The highest BCUT2D eigenvalue weighted by Gasteiger charge is 2.42. The summed E-state index contributed by atoms with van der Waals surface area (Å²) in [6, 6.07) is 15.0. The van der Waals surface area contributed by atoms with Crippen LogP contribution in [-0.2, 0) is 4.79 Å². The number of amides is 1. The van der Waals surface area contributed by atoms with Gasteiger partial charge in [-0.25, -0.2) is 0 Å². The predicted octanol–water partition coefficient (Wildman–Crippen LogP) is 4.10. The molecule has 2 fully saturated rings. The van der Waals surface area contributed by atoms with Crippen molar-refractivity contribution in [2.45, 2.75) is 43.0 Å². The lowest BCUT2D eigenvalue weighted by atomic mass is 10.0. The number of carbonyl (C=O) groups is 1. The molecule has 2 aliphatic heterocycles. The maximum Gasteiger partial charge on any atom is 0.261 e. The minimum atomic E-state index is 0.148. The van der Waals surface area contributed by atoms with Crippen LogP contribution in [0.1, 0.15) is 25.7 Å². The second-order valence-electron chi connectivity index (χ2n) is 6.81. The highest BCUT2D eigenvalue weighted by molar-refractivity contribution is 7.99. The Labute approximate surface area is 147 Å². The van der Waals surface area contributed by atoms with Gasteiger partial charge in [-0.15, -0.1) is 0 Å². The molecule has 3 nitrogen and oxygen atoms in total. The number of benzene rings is 2. The zero-order valence-corrected chi connectivity index (χ0v) is 14.8. The van der Waals surface area contributed by atoms with E-state index in [2.05, 4.69) is 23.3 Å². The van der Waals surface area contributed by atoms with E-state index < -0.39 is 0 Å². The molecule has 2 heterocycles. The van der Waals surface area contributed by atoms with Gasteiger partial charge in [0.1, 0.15) is 5.75 Å². The second-order valence-corrected chi connectivity index (χ2v) is 7.95. The van der Waals surface area contributed by atoms with E-state index in [9.17, 15) is 4.79 Å². The quantitative estimate of drug-likeness (QED) is 0.838. The average molecular weight is 341 g/mol. The van der Waals surface area contributed by atoms with Crippen LogP contribution < -0.4 is 4.74 Å². The summed E-state index contributed by atoms with van der Waals surface area (Å²) in [7, 11) is 0. The molecule has 4 heteroatoms. The first kappa shape index (κ1) is 15.8. The highest BCUT2D eigenvalue weighted by atomic mass is 32.2. The largest absolute Gasteiger partial charge is 0.484 e. The van der Waals surface area contributed by atoms with Gasteiger partial charge in [0.15, 0.2) is 6.61 Å². The molecule has 2 saturated heterocycles. The van der Waals surface area contributed by atoms with Crippen LogP contribution in [0.3, 0.4) is 0 Å². The van der Waals surface area contributed by atoms with Crippen LogP contribution in [0.4, 0.5) is 0 Å². The predicted molar refractivity (Wildman–Crippen MR) is 99.6 cm³/mol. The monoisotopic (exact) mass is 341 g/mol. The standard InChI is InChI=1S/C20H23NO2S/c1-24-19-11-16-7-8-17(12-19)21(16)20(22)13-23-18-9-6-14-4-2-3-5-15(14)10-18/h2-6,9-10,16-17,19H,7-8,11-13H2,1H3. The molecule has 2 unspecified atom stereocenters. The van der Waals surface area contributed by atoms with Crippen molar-refractivity contribution in [2.75, 3.05) is 12.9 Å². The molecule has 0 saturated carbocycles. The lowest BCUT2D eigenvalue weighted by molar-refractivity contribution is -0.137. The SMILES string of the molecule is CSC1CC2CCC(C1)N2C(=O)COc1ccc2ccccc2c1. The number of hydrogen-bond donors (Lipinski definition) is 0. The molecule has 2 bridgehead atoms. The van der Waals surface area contributed by atoms with E-state index in [4.69, 9.17) is 4.74 Å². The number of piperidine rings is 1. The van der Waals surface area contributed by atoms with Gasteiger partial charge in [0, 0.05) is 17.3 Å². The molecule has 126 valence electrons. The molecule has 4 rings (SSSR count). The number of fused-ring (bicyclic) bond motifs is 3. The Morgan fingerprint density at radius 3 is 2.54 bits per heavy atom. The summed E-state index contributed by atoms with van der Waals surface area (Å²) in [5.74, 6) is 0.920. The van der Waals surface area contributed by atoms with Crippen LogP contribution >= 0.6 is 11.8 Å². The van der Waals surface area contributed by atoms with Gasteiger partial charge in [0.05, 0.1) is 0 Å². The number of thioether (sulfide) groups is 1. The maximum absolute atomic E-state index is 12.7. The van der Waals surface area contributed by atoms with Crippen LogP contribution in [0, 0.1) is 0 Å². The minimum Gasteiger partial charge on any atom is -0.484 e. The third kappa shape index (κ3) is 3.00. The topological polar surface area (TPSA) is 29.5 Å². The van der Waals surface area contributed by atoms with Gasteiger partial charge in [0.2, 0.25) is 0 Å². The molecule has 0 spiro atoms. The summed E-state index contributed by atoms with van der Waals surface area (Å²) in [6.07, 6.45) is 6.77. The van der Waals surface area contributed by atoms with Crippen LogP contribution in [0.5, 0.6) is 5.75 Å². The van der Waals surface area contributed by atoms with Crippen molar-refractivity contribution in [1.29, 1.82) is 0 Å². The van der Waals surface area contributed by atoms with Crippen molar-refractivity contribution in [3.05, 3.63) is 42.5 Å². The fourth-order valence-corrected chi connectivity index (χ4v) is 5.03. The third-order valence-corrected chi connectivity index (χ3v) is 6.45. The zero-order valence-electron chi connectivity index (χ0n) is 14.0. The summed E-state index contributed by atoms with van der Waals surface area (Å²) < 4.78 is 5.81. The van der Waals surface area contributed by atoms with Gasteiger partial charge in [-0.1, -0.05) is 30.3 Å². The van der Waals surface area contributed by atoms with E-state index in [-0.39, 0.29) is 12.5 Å². The molecule has 1 amide bonds. The molecule has 0 aromatic heterocycles. The van der Waals surface area contributed by atoms with E-state index in [1.165, 1.54) is 5.39 Å². The molecule has 2 atom stereocenters. The van der Waals surface area contributed by atoms with Crippen molar-refractivity contribution in [3.8, 4) is 5.75 Å². The molecular formula is C20H23NO2S. The molecule has 0 N–H and O–H groups in total. The summed E-state index contributed by atoms with van der Waals surface area (Å²) in [5, 5.41) is 3.05. The lowest BCUT2D eigenvalue weighted by Crippen LogP contribution is -2.49. The van der Waals surface area contributed by atoms with Gasteiger partial charge in [-0.2, -0.15) is 11.8 Å². The van der Waals surface area contributed by atoms with Crippen molar-refractivity contribution >= 4 is 28.4 Å². The van der Waals surface area contributed by atoms with E-state index in [0.29, 0.717) is 17.3 Å². The molecular weight excluding hydrogens is 318 g/mol. The van der Waals surface area contributed by atoms with E-state index in [1.54, 1.807) is 0 Å². The van der Waals surface area contributed by atoms with Gasteiger partial charge in [0.25, 0.3) is 5.91 Å². The van der Waals surface area contributed by atoms with Crippen molar-refractivity contribution in [1.82, 2.24) is 4.90 Å². The first-order chi connectivity index (χ1) is 11.7. The molecule has 2 aliphatic rings. The first-order valence-corrected chi connectivity index (χ1v) is 9.99. The Hall–Kier alpha value is -1.68. The fourth-order valence-electron chi connectivity index (χ4n) is 4.20. The van der Waals surface area contributed by atoms with Gasteiger partial charge >= 0.3 is 0 Å². The summed E-state index contributed by atoms with van der Waals surface area (Å²) in [5.41, 5.74) is 0. The fraction of sp³-hybridized carbons (Fsp3) is 0.450. The first-order valence-electron chi connectivity index (χ1n) is 8.70. The number of nitrogens with zero attached hydrogens (tertiary/aromatic N) is 1. The number of ether oxygens (including phenoxy) is 1. The normalized spacial score (nSPS) is 25.9. The highest BCUT2D eigenvalue weighted by Crippen LogP contribution is 2.39. The Morgan fingerprint density at radius 1 is 1.12 bits per heavy atom. The average Bonchev–Trinajstić information content (AvgIpc) is 2.89. The lowest BCUT2D eigenvalue weighted by Gasteiger charge is -2.38.